The molecule has 0 fully saturated rings. The molecule has 1 heterocycles. The molecule has 0 radical (unpaired) electrons. The van der Waals surface area contributed by atoms with E-state index in [1.54, 1.807) is 0 Å². The molecule has 0 saturated carbocycles. The van der Waals surface area contributed by atoms with Crippen molar-refractivity contribution in [2.45, 2.75) is 6.92 Å². The summed E-state index contributed by atoms with van der Waals surface area (Å²) in [5.41, 5.74) is 3.46. The van der Waals surface area contributed by atoms with Gasteiger partial charge < -0.3 is 9.90 Å². The summed E-state index contributed by atoms with van der Waals surface area (Å²) >= 11 is 1.13. The summed E-state index contributed by atoms with van der Waals surface area (Å²) in [6.07, 6.45) is 3.76. The maximum atomic E-state index is 11.4. The molecule has 0 saturated heterocycles. The molecule has 114 valence electrons. The molecule has 3 nitrogen and oxygen atoms in total. The van der Waals surface area contributed by atoms with E-state index in [1.165, 1.54) is 5.56 Å². The molecule has 3 aromatic rings. The summed E-state index contributed by atoms with van der Waals surface area (Å²) in [6, 6.07) is 17.3. The number of hydrogen-bond donors (Lipinski definition) is 0. The Morgan fingerprint density at radius 2 is 1.87 bits per heavy atom. The molecular weight excluding hydrogens is 306 g/mol. The lowest BCUT2D eigenvalue weighted by atomic mass is 10.1. The Kier molecular flexibility index (Phi) is 4.35. The van der Waals surface area contributed by atoms with Gasteiger partial charge in [0.05, 0.1) is 16.5 Å². The third kappa shape index (κ3) is 3.55. The molecule has 2 aromatic carbocycles. The number of benzene rings is 2. The van der Waals surface area contributed by atoms with Crippen LogP contribution in [0.25, 0.3) is 23.4 Å². The van der Waals surface area contributed by atoms with Crippen molar-refractivity contribution in [2.24, 2.45) is 0 Å². The number of carboxylic acid groups (broad SMARTS) is 1. The van der Waals surface area contributed by atoms with E-state index in [0.29, 0.717) is 10.7 Å². The van der Waals surface area contributed by atoms with E-state index in [0.717, 1.165) is 22.5 Å². The minimum Gasteiger partial charge on any atom is -0.544 e. The fourth-order valence-corrected chi connectivity index (χ4v) is 3.10. The van der Waals surface area contributed by atoms with Crippen LogP contribution < -0.4 is 5.11 Å². The Bertz CT molecular complexity index is 866. The van der Waals surface area contributed by atoms with Gasteiger partial charge in [0.1, 0.15) is 5.01 Å². The van der Waals surface area contributed by atoms with Gasteiger partial charge in [-0.15, -0.1) is 11.3 Å². The summed E-state index contributed by atoms with van der Waals surface area (Å²) in [7, 11) is 0. The molecule has 0 aliphatic carbocycles. The number of aromatic nitrogens is 1. The summed E-state index contributed by atoms with van der Waals surface area (Å²) in [4.78, 5) is 16.0. The zero-order chi connectivity index (χ0) is 16.2. The number of aromatic carboxylic acids is 1. The van der Waals surface area contributed by atoms with Crippen LogP contribution in [0.15, 0.2) is 54.6 Å². The van der Waals surface area contributed by atoms with Gasteiger partial charge in [-0.1, -0.05) is 66.2 Å². The van der Waals surface area contributed by atoms with Crippen LogP contribution in [0.1, 0.15) is 25.8 Å². The fourth-order valence-electron chi connectivity index (χ4n) is 2.28. The highest BCUT2D eigenvalue weighted by atomic mass is 32.1. The lowest BCUT2D eigenvalue weighted by Crippen LogP contribution is -2.21. The van der Waals surface area contributed by atoms with Crippen LogP contribution in [0.4, 0.5) is 0 Å². The van der Waals surface area contributed by atoms with Crippen LogP contribution in [-0.2, 0) is 0 Å². The highest BCUT2D eigenvalue weighted by Gasteiger charge is 2.12. The number of aryl methyl sites for hydroxylation is 1. The first kappa shape index (κ1) is 15.2. The summed E-state index contributed by atoms with van der Waals surface area (Å²) in [5, 5.41) is 12.0. The molecule has 3 rings (SSSR count). The van der Waals surface area contributed by atoms with E-state index >= 15 is 0 Å². The van der Waals surface area contributed by atoms with Crippen LogP contribution >= 0.6 is 11.3 Å². The molecule has 0 N–H and O–H groups in total. The monoisotopic (exact) mass is 320 g/mol. The van der Waals surface area contributed by atoms with Crippen molar-refractivity contribution in [1.29, 1.82) is 0 Å². The first-order valence-electron chi connectivity index (χ1n) is 7.16. The minimum atomic E-state index is -1.20. The summed E-state index contributed by atoms with van der Waals surface area (Å²) in [6.45, 7) is 2.03. The van der Waals surface area contributed by atoms with Crippen LogP contribution in [0.3, 0.4) is 0 Å². The zero-order valence-electron chi connectivity index (χ0n) is 12.5. The smallest absolute Gasteiger partial charge is 0.117 e. The number of carboxylic acids is 1. The molecule has 0 unspecified atom stereocenters. The number of rotatable bonds is 4. The van der Waals surface area contributed by atoms with E-state index in [9.17, 15) is 9.90 Å². The van der Waals surface area contributed by atoms with E-state index in [4.69, 9.17) is 0 Å². The van der Waals surface area contributed by atoms with Crippen molar-refractivity contribution in [2.75, 3.05) is 0 Å². The van der Waals surface area contributed by atoms with Crippen LogP contribution in [-0.4, -0.2) is 11.0 Å². The second kappa shape index (κ2) is 6.58. The van der Waals surface area contributed by atoms with Gasteiger partial charge in [-0.25, -0.2) is 4.98 Å². The fraction of sp³-hybridized carbons (Fsp3) is 0.0526. The minimum absolute atomic E-state index is 0.153. The molecule has 4 heteroatoms. The van der Waals surface area contributed by atoms with E-state index in [1.807, 2.05) is 67.6 Å². The van der Waals surface area contributed by atoms with Crippen molar-refractivity contribution in [1.82, 2.24) is 4.98 Å². The van der Waals surface area contributed by atoms with Crippen LogP contribution in [0.2, 0.25) is 0 Å². The maximum Gasteiger partial charge on any atom is 0.117 e. The Hall–Kier alpha value is -2.72. The lowest BCUT2D eigenvalue weighted by molar-refractivity contribution is -0.254. The van der Waals surface area contributed by atoms with E-state index in [-0.39, 0.29) is 4.88 Å². The molecule has 0 spiro atoms. The SMILES string of the molecule is Cc1cccc(/C=C/c2nc(-c3ccccc3)c(C(=O)[O-])s2)c1. The molecular formula is C19H14NO2S-. The summed E-state index contributed by atoms with van der Waals surface area (Å²) < 4.78 is 0. The number of nitrogens with zero attached hydrogens (tertiary/aromatic N) is 1. The van der Waals surface area contributed by atoms with Gasteiger partial charge in [0.2, 0.25) is 0 Å². The molecule has 0 bridgehead atoms. The number of carbonyl (C=O) groups excluding carboxylic acids is 1. The van der Waals surface area contributed by atoms with Crippen molar-refractivity contribution in [3.8, 4) is 11.3 Å². The molecule has 1 aromatic heterocycles. The number of thiazole rings is 1. The largest absolute Gasteiger partial charge is 0.544 e. The van der Waals surface area contributed by atoms with Crippen molar-refractivity contribution < 1.29 is 9.90 Å². The molecule has 0 amide bonds. The Balaban J connectivity index is 1.97. The second-order valence-electron chi connectivity index (χ2n) is 5.13. The topological polar surface area (TPSA) is 53.0 Å². The summed E-state index contributed by atoms with van der Waals surface area (Å²) in [5.74, 6) is -1.20. The Morgan fingerprint density at radius 1 is 1.09 bits per heavy atom. The highest BCUT2D eigenvalue weighted by Crippen LogP contribution is 2.28. The number of hydrogen-bond acceptors (Lipinski definition) is 4. The highest BCUT2D eigenvalue weighted by molar-refractivity contribution is 7.14. The number of carbonyl (C=O) groups is 1. The third-order valence-electron chi connectivity index (χ3n) is 3.34. The van der Waals surface area contributed by atoms with Crippen molar-refractivity contribution in [3.63, 3.8) is 0 Å². The van der Waals surface area contributed by atoms with E-state index < -0.39 is 5.97 Å². The van der Waals surface area contributed by atoms with Gasteiger partial charge in [0.25, 0.3) is 0 Å². The zero-order valence-corrected chi connectivity index (χ0v) is 13.3. The second-order valence-corrected chi connectivity index (χ2v) is 6.16. The van der Waals surface area contributed by atoms with Gasteiger partial charge in [0, 0.05) is 5.56 Å². The first-order chi connectivity index (χ1) is 11.1. The Labute approximate surface area is 138 Å². The third-order valence-corrected chi connectivity index (χ3v) is 4.34. The van der Waals surface area contributed by atoms with Gasteiger partial charge >= 0.3 is 0 Å². The van der Waals surface area contributed by atoms with E-state index in [2.05, 4.69) is 11.1 Å². The molecule has 23 heavy (non-hydrogen) atoms. The van der Waals surface area contributed by atoms with Crippen LogP contribution in [0.5, 0.6) is 0 Å². The maximum absolute atomic E-state index is 11.4. The average molecular weight is 320 g/mol. The predicted octanol–water partition coefficient (Wildman–Crippen LogP) is 3.65. The quantitative estimate of drug-likeness (QED) is 0.737. The van der Waals surface area contributed by atoms with Crippen LogP contribution in [0, 0.1) is 6.92 Å². The van der Waals surface area contributed by atoms with Gasteiger partial charge in [-0.05, 0) is 18.6 Å². The van der Waals surface area contributed by atoms with Gasteiger partial charge in [-0.3, -0.25) is 0 Å². The van der Waals surface area contributed by atoms with Crippen molar-refractivity contribution >= 4 is 29.5 Å². The molecule has 0 aliphatic heterocycles. The Morgan fingerprint density at radius 3 is 2.57 bits per heavy atom. The van der Waals surface area contributed by atoms with Gasteiger partial charge in [-0.2, -0.15) is 0 Å². The molecule has 0 atom stereocenters. The average Bonchev–Trinajstić information content (AvgIpc) is 2.98. The molecule has 0 aliphatic rings. The standard InChI is InChI=1S/C19H15NO2S/c1-13-6-5-7-14(12-13)10-11-16-20-17(18(23-16)19(21)22)15-8-3-2-4-9-15/h2-12H,1H3,(H,21,22)/p-1/b11-10+. The lowest BCUT2D eigenvalue weighted by Gasteiger charge is -2.01. The predicted molar refractivity (Wildman–Crippen MR) is 92.0 cm³/mol. The van der Waals surface area contributed by atoms with Crippen molar-refractivity contribution in [3.05, 3.63) is 75.6 Å². The van der Waals surface area contributed by atoms with Gasteiger partial charge in [0.15, 0.2) is 0 Å². The first-order valence-corrected chi connectivity index (χ1v) is 7.97. The normalized spacial score (nSPS) is 11.0.